The van der Waals surface area contributed by atoms with E-state index in [0.29, 0.717) is 42.4 Å². The Kier molecular flexibility index (Phi) is 6.90. The minimum Gasteiger partial charge on any atom is -0.490 e. The number of hydrogen-bond donors (Lipinski definition) is 3. The lowest BCUT2D eigenvalue weighted by Crippen LogP contribution is -2.59. The molecule has 8 nitrogen and oxygen atoms in total. The molecule has 1 amide bonds. The Morgan fingerprint density at radius 3 is 2.65 bits per heavy atom. The number of aromatic amines is 1. The van der Waals surface area contributed by atoms with Crippen molar-refractivity contribution >= 4 is 22.6 Å². The van der Waals surface area contributed by atoms with Gasteiger partial charge >= 0.3 is 0 Å². The average molecular weight is 465 g/mol. The zero-order valence-corrected chi connectivity index (χ0v) is 19.9. The molecule has 4 rings (SSSR count). The first-order valence-corrected chi connectivity index (χ1v) is 11.6. The van der Waals surface area contributed by atoms with E-state index in [1.165, 1.54) is 0 Å². The van der Waals surface area contributed by atoms with Crippen LogP contribution in [0.3, 0.4) is 0 Å². The first kappa shape index (κ1) is 23.8. The van der Waals surface area contributed by atoms with Gasteiger partial charge in [-0.05, 0) is 57.0 Å². The number of nitrogens with zero attached hydrogens (tertiary/aromatic N) is 2. The maximum Gasteiger partial charge on any atom is 0.279 e. The van der Waals surface area contributed by atoms with Crippen molar-refractivity contribution in [2.45, 2.75) is 39.3 Å². The molecule has 0 radical (unpaired) electrons. The average Bonchev–Trinajstić information content (AvgIpc) is 3.25. The van der Waals surface area contributed by atoms with Crippen LogP contribution >= 0.6 is 0 Å². The standard InChI is InChI=1S/C26H32N4O4/c1-4-33-21-10-9-17(13-22(21)34-5-2)25(32)29-24(27)19-7-6-8-20-23(19)18(14-28-20)15-30-12-11-26(30,3)16-31/h6-10,13-14,28,31H,4-5,11-12,15-16H2,1-3H3,(H2,27,29,32). The molecule has 0 aliphatic carbocycles. The number of aliphatic hydroxyl groups excluding tert-OH is 1. The number of hydrogen-bond acceptors (Lipinski definition) is 5. The molecule has 1 aliphatic heterocycles. The number of carbonyl (C=O) groups excluding carboxylic acids is 1. The van der Waals surface area contributed by atoms with E-state index in [2.05, 4.69) is 21.8 Å². The topological polar surface area (TPSA) is 113 Å². The maximum atomic E-state index is 13.0. The van der Waals surface area contributed by atoms with Crippen molar-refractivity contribution in [1.82, 2.24) is 9.88 Å². The third kappa shape index (κ3) is 4.51. The van der Waals surface area contributed by atoms with Gasteiger partial charge in [0.1, 0.15) is 5.84 Å². The van der Waals surface area contributed by atoms with Crippen molar-refractivity contribution < 1.29 is 19.4 Å². The molecule has 180 valence electrons. The number of aliphatic imine (C=N–C) groups is 1. The van der Waals surface area contributed by atoms with Gasteiger partial charge in [0.25, 0.3) is 5.91 Å². The Hall–Kier alpha value is -3.36. The summed E-state index contributed by atoms with van der Waals surface area (Å²) in [4.78, 5) is 22.7. The van der Waals surface area contributed by atoms with Gasteiger partial charge in [-0.2, -0.15) is 4.99 Å². The Bertz CT molecular complexity index is 1210. The Labute approximate surface area is 199 Å². The van der Waals surface area contributed by atoms with Crippen LogP contribution in [0.1, 0.15) is 48.7 Å². The number of aliphatic hydroxyl groups is 1. The van der Waals surface area contributed by atoms with Crippen LogP contribution in [0.15, 0.2) is 47.6 Å². The molecule has 0 spiro atoms. The van der Waals surface area contributed by atoms with Gasteiger partial charge in [-0.15, -0.1) is 0 Å². The predicted molar refractivity (Wildman–Crippen MR) is 133 cm³/mol. The number of likely N-dealkylation sites (tertiary alicyclic amines) is 1. The van der Waals surface area contributed by atoms with Gasteiger partial charge in [0.2, 0.25) is 0 Å². The van der Waals surface area contributed by atoms with E-state index in [4.69, 9.17) is 15.2 Å². The lowest BCUT2D eigenvalue weighted by Gasteiger charge is -2.49. The zero-order valence-electron chi connectivity index (χ0n) is 19.9. The second-order valence-electron chi connectivity index (χ2n) is 8.70. The highest BCUT2D eigenvalue weighted by Crippen LogP contribution is 2.34. The van der Waals surface area contributed by atoms with E-state index in [1.54, 1.807) is 18.2 Å². The van der Waals surface area contributed by atoms with Crippen LogP contribution in [0.2, 0.25) is 0 Å². The summed E-state index contributed by atoms with van der Waals surface area (Å²) >= 11 is 0. The summed E-state index contributed by atoms with van der Waals surface area (Å²) in [5, 5.41) is 10.7. The lowest BCUT2D eigenvalue weighted by atomic mass is 9.87. The zero-order chi connectivity index (χ0) is 24.3. The monoisotopic (exact) mass is 464 g/mol. The SMILES string of the molecule is CCOc1ccc(C(=O)N=C(N)c2cccc3[nH]cc(CN4CCC4(C)CO)c23)cc1OCC. The van der Waals surface area contributed by atoms with Gasteiger partial charge in [-0.1, -0.05) is 12.1 Å². The van der Waals surface area contributed by atoms with Crippen LogP contribution in [0.25, 0.3) is 10.9 Å². The third-order valence-electron chi connectivity index (χ3n) is 6.46. The number of fused-ring (bicyclic) bond motifs is 1. The maximum absolute atomic E-state index is 13.0. The van der Waals surface area contributed by atoms with Crippen LogP contribution in [-0.2, 0) is 6.54 Å². The van der Waals surface area contributed by atoms with E-state index < -0.39 is 5.91 Å². The molecule has 1 saturated heterocycles. The van der Waals surface area contributed by atoms with Crippen molar-refractivity contribution in [1.29, 1.82) is 0 Å². The van der Waals surface area contributed by atoms with Crippen LogP contribution in [0.5, 0.6) is 11.5 Å². The van der Waals surface area contributed by atoms with Crippen molar-refractivity contribution in [2.24, 2.45) is 10.7 Å². The number of benzene rings is 2. The molecule has 1 unspecified atom stereocenters. The van der Waals surface area contributed by atoms with Gasteiger partial charge in [0, 0.05) is 46.9 Å². The smallest absolute Gasteiger partial charge is 0.279 e. The highest BCUT2D eigenvalue weighted by atomic mass is 16.5. The van der Waals surface area contributed by atoms with Crippen LogP contribution in [0.4, 0.5) is 0 Å². The van der Waals surface area contributed by atoms with Gasteiger partial charge < -0.3 is 25.3 Å². The van der Waals surface area contributed by atoms with Gasteiger partial charge in [-0.3, -0.25) is 9.69 Å². The molecular formula is C26H32N4O4. The molecule has 0 bridgehead atoms. The van der Waals surface area contributed by atoms with Crippen LogP contribution in [-0.4, -0.2) is 58.6 Å². The summed E-state index contributed by atoms with van der Waals surface area (Å²) in [5.41, 5.74) is 9.20. The summed E-state index contributed by atoms with van der Waals surface area (Å²) in [6, 6.07) is 10.7. The van der Waals surface area contributed by atoms with Crippen molar-refractivity contribution in [2.75, 3.05) is 26.4 Å². The molecule has 3 aromatic rings. The minimum atomic E-state index is -0.453. The number of aromatic nitrogens is 1. The highest BCUT2D eigenvalue weighted by Gasteiger charge is 2.39. The van der Waals surface area contributed by atoms with Crippen LogP contribution < -0.4 is 15.2 Å². The molecule has 4 N–H and O–H groups in total. The van der Waals surface area contributed by atoms with E-state index >= 15 is 0 Å². The molecule has 1 atom stereocenters. The van der Waals surface area contributed by atoms with Gasteiger partial charge in [-0.25, -0.2) is 0 Å². The molecule has 8 heteroatoms. The van der Waals surface area contributed by atoms with E-state index in [1.807, 2.05) is 38.2 Å². The largest absolute Gasteiger partial charge is 0.490 e. The molecule has 0 saturated carbocycles. The lowest BCUT2D eigenvalue weighted by molar-refractivity contribution is -0.0459. The second-order valence-corrected chi connectivity index (χ2v) is 8.70. The first-order valence-electron chi connectivity index (χ1n) is 11.6. The van der Waals surface area contributed by atoms with E-state index in [9.17, 15) is 9.90 Å². The van der Waals surface area contributed by atoms with Crippen molar-refractivity contribution in [3.05, 3.63) is 59.3 Å². The normalized spacial score (nSPS) is 18.6. The fraction of sp³-hybridized carbons (Fsp3) is 0.385. The Morgan fingerprint density at radius 2 is 1.97 bits per heavy atom. The fourth-order valence-electron chi connectivity index (χ4n) is 4.32. The second kappa shape index (κ2) is 9.87. The van der Waals surface area contributed by atoms with E-state index in [-0.39, 0.29) is 18.0 Å². The molecular weight excluding hydrogens is 432 g/mol. The number of amides is 1. The Balaban J connectivity index is 1.64. The summed E-state index contributed by atoms with van der Waals surface area (Å²) in [6.07, 6.45) is 2.92. The summed E-state index contributed by atoms with van der Waals surface area (Å²) in [7, 11) is 0. The number of nitrogens with two attached hydrogens (primary N) is 1. The number of amidine groups is 1. The van der Waals surface area contributed by atoms with Gasteiger partial charge in [0.15, 0.2) is 11.5 Å². The molecule has 34 heavy (non-hydrogen) atoms. The quantitative estimate of drug-likeness (QED) is 0.330. The number of nitrogens with one attached hydrogen (secondary N) is 1. The molecule has 2 aromatic carbocycles. The molecule has 2 heterocycles. The summed E-state index contributed by atoms with van der Waals surface area (Å²) in [5.74, 6) is 0.781. The van der Waals surface area contributed by atoms with Crippen LogP contribution in [0, 0.1) is 0 Å². The minimum absolute atomic E-state index is 0.117. The first-order chi connectivity index (χ1) is 16.4. The summed E-state index contributed by atoms with van der Waals surface area (Å²) < 4.78 is 11.2. The van der Waals surface area contributed by atoms with E-state index in [0.717, 1.165) is 29.4 Å². The number of H-pyrrole nitrogens is 1. The highest BCUT2D eigenvalue weighted by molar-refractivity contribution is 6.14. The van der Waals surface area contributed by atoms with Crippen molar-refractivity contribution in [3.63, 3.8) is 0 Å². The predicted octanol–water partition coefficient (Wildman–Crippen LogP) is 3.47. The Morgan fingerprint density at radius 1 is 1.21 bits per heavy atom. The number of ether oxygens (including phenoxy) is 2. The molecule has 1 aromatic heterocycles. The third-order valence-corrected chi connectivity index (χ3v) is 6.46. The summed E-state index contributed by atoms with van der Waals surface area (Å²) in [6.45, 7) is 8.49. The molecule has 1 aliphatic rings. The van der Waals surface area contributed by atoms with Gasteiger partial charge in [0.05, 0.1) is 19.8 Å². The fourth-order valence-corrected chi connectivity index (χ4v) is 4.32. The number of carbonyl (C=O) groups is 1. The number of rotatable bonds is 9. The molecule has 1 fully saturated rings. The van der Waals surface area contributed by atoms with Crippen molar-refractivity contribution in [3.8, 4) is 11.5 Å².